The molecule has 0 aromatic heterocycles. The van der Waals surface area contributed by atoms with Gasteiger partial charge in [-0.3, -0.25) is 0 Å². The van der Waals surface area contributed by atoms with Crippen molar-refractivity contribution in [2.24, 2.45) is 0 Å². The maximum absolute atomic E-state index is 6.33. The number of hydrogen-bond donors (Lipinski definition) is 1. The minimum atomic E-state index is 0.186. The van der Waals surface area contributed by atoms with Crippen LogP contribution in [-0.2, 0) is 11.2 Å². The second-order valence-corrected chi connectivity index (χ2v) is 6.43. The molecule has 0 aliphatic carbocycles. The molecule has 3 nitrogen and oxygen atoms in total. The van der Waals surface area contributed by atoms with E-state index in [9.17, 15) is 0 Å². The molecule has 2 rings (SSSR count). The zero-order valence-electron chi connectivity index (χ0n) is 12.7. The Kier molecular flexibility index (Phi) is 6.77. The van der Waals surface area contributed by atoms with Crippen LogP contribution >= 0.6 is 23.2 Å². The molecule has 118 valence electrons. The Morgan fingerprint density at radius 3 is 2.95 bits per heavy atom. The first-order valence-corrected chi connectivity index (χ1v) is 8.33. The molecule has 1 N–H and O–H groups in total. The molecule has 1 aromatic carbocycles. The first-order valence-electron chi connectivity index (χ1n) is 7.58. The molecule has 0 spiro atoms. The average molecular weight is 331 g/mol. The van der Waals surface area contributed by atoms with Gasteiger partial charge in [0.05, 0.1) is 22.8 Å². The molecule has 21 heavy (non-hydrogen) atoms. The van der Waals surface area contributed by atoms with Gasteiger partial charge in [0.1, 0.15) is 0 Å². The van der Waals surface area contributed by atoms with Gasteiger partial charge in [0, 0.05) is 19.1 Å². The third kappa shape index (κ3) is 4.83. The van der Waals surface area contributed by atoms with Gasteiger partial charge in [-0.15, -0.1) is 0 Å². The summed E-state index contributed by atoms with van der Waals surface area (Å²) in [5.74, 6) is 0. The van der Waals surface area contributed by atoms with Gasteiger partial charge < -0.3 is 15.0 Å². The van der Waals surface area contributed by atoms with E-state index >= 15 is 0 Å². The van der Waals surface area contributed by atoms with Gasteiger partial charge >= 0.3 is 0 Å². The van der Waals surface area contributed by atoms with Crippen molar-refractivity contribution in [2.45, 2.75) is 31.9 Å². The molecule has 1 saturated heterocycles. The second-order valence-electron chi connectivity index (χ2n) is 5.65. The van der Waals surface area contributed by atoms with E-state index in [1.807, 2.05) is 18.2 Å². The number of morpholine rings is 1. The number of nitrogens with one attached hydrogen (secondary N) is 1. The van der Waals surface area contributed by atoms with E-state index in [0.717, 1.165) is 44.6 Å². The Morgan fingerprint density at radius 2 is 2.24 bits per heavy atom. The third-order valence-corrected chi connectivity index (χ3v) is 4.73. The van der Waals surface area contributed by atoms with Crippen LogP contribution in [0.25, 0.3) is 0 Å². The Balaban J connectivity index is 2.10. The van der Waals surface area contributed by atoms with Crippen LogP contribution in [0.5, 0.6) is 0 Å². The summed E-state index contributed by atoms with van der Waals surface area (Å²) in [7, 11) is 2.14. The fraction of sp³-hybridized carbons (Fsp3) is 0.625. The number of nitrogens with zero attached hydrogens (tertiary/aromatic N) is 1. The number of hydrogen-bond acceptors (Lipinski definition) is 3. The van der Waals surface area contributed by atoms with Gasteiger partial charge in [0.25, 0.3) is 0 Å². The summed E-state index contributed by atoms with van der Waals surface area (Å²) in [6.45, 7) is 5.87. The van der Waals surface area contributed by atoms with Crippen molar-refractivity contribution in [3.05, 3.63) is 33.8 Å². The van der Waals surface area contributed by atoms with Crippen LogP contribution in [0, 0.1) is 0 Å². The Labute approximate surface area is 137 Å². The zero-order valence-corrected chi connectivity index (χ0v) is 14.3. The average Bonchev–Trinajstić information content (AvgIpc) is 2.47. The smallest absolute Gasteiger partial charge is 0.0858 e. The van der Waals surface area contributed by atoms with Crippen molar-refractivity contribution in [3.8, 4) is 0 Å². The molecule has 0 amide bonds. The van der Waals surface area contributed by atoms with E-state index in [2.05, 4.69) is 24.2 Å². The summed E-state index contributed by atoms with van der Waals surface area (Å²) in [5, 5.41) is 4.88. The fourth-order valence-corrected chi connectivity index (χ4v) is 3.06. The summed E-state index contributed by atoms with van der Waals surface area (Å²) < 4.78 is 5.97. The van der Waals surface area contributed by atoms with Gasteiger partial charge in [-0.1, -0.05) is 42.3 Å². The van der Waals surface area contributed by atoms with Crippen LogP contribution in [0.4, 0.5) is 0 Å². The molecule has 2 unspecified atom stereocenters. The number of ether oxygens (including phenoxy) is 1. The van der Waals surface area contributed by atoms with Gasteiger partial charge in [0.2, 0.25) is 0 Å². The fourth-order valence-electron chi connectivity index (χ4n) is 2.66. The maximum Gasteiger partial charge on any atom is 0.0858 e. The van der Waals surface area contributed by atoms with Crippen molar-refractivity contribution >= 4 is 23.2 Å². The molecule has 1 fully saturated rings. The minimum absolute atomic E-state index is 0.186. The highest BCUT2D eigenvalue weighted by Gasteiger charge is 2.27. The van der Waals surface area contributed by atoms with Gasteiger partial charge in [-0.25, -0.2) is 0 Å². The molecule has 0 bridgehead atoms. The summed E-state index contributed by atoms with van der Waals surface area (Å²) in [5.41, 5.74) is 1.08. The summed E-state index contributed by atoms with van der Waals surface area (Å²) in [6, 6.07) is 6.08. The van der Waals surface area contributed by atoms with Crippen molar-refractivity contribution in [1.29, 1.82) is 0 Å². The first kappa shape index (κ1) is 17.0. The van der Waals surface area contributed by atoms with Crippen LogP contribution in [0.1, 0.15) is 18.9 Å². The molecule has 2 atom stereocenters. The number of likely N-dealkylation sites (N-methyl/N-ethyl adjacent to an activating group) is 1. The lowest BCUT2D eigenvalue weighted by molar-refractivity contribution is -0.0383. The number of rotatable bonds is 6. The van der Waals surface area contributed by atoms with Crippen LogP contribution in [0.15, 0.2) is 18.2 Å². The lowest BCUT2D eigenvalue weighted by Gasteiger charge is -2.36. The lowest BCUT2D eigenvalue weighted by atomic mass is 9.99. The lowest BCUT2D eigenvalue weighted by Crippen LogP contribution is -2.52. The van der Waals surface area contributed by atoms with Crippen LogP contribution < -0.4 is 5.32 Å². The quantitative estimate of drug-likeness (QED) is 0.866. The van der Waals surface area contributed by atoms with Crippen LogP contribution in [0.3, 0.4) is 0 Å². The van der Waals surface area contributed by atoms with Gasteiger partial charge in [-0.05, 0) is 38.1 Å². The minimum Gasteiger partial charge on any atom is -0.374 e. The standard InChI is InChI=1S/C16H24Cl2N2O/c1-3-7-19-14(15-11-20(2)8-9-21-15)10-12-5-4-6-13(17)16(12)18/h4-6,14-15,19H,3,7-11H2,1-2H3. The molecular weight excluding hydrogens is 307 g/mol. The Hall–Kier alpha value is -0.320. The molecule has 1 heterocycles. The molecule has 1 aliphatic heterocycles. The van der Waals surface area contributed by atoms with Gasteiger partial charge in [-0.2, -0.15) is 0 Å². The Morgan fingerprint density at radius 1 is 1.43 bits per heavy atom. The highest BCUT2D eigenvalue weighted by atomic mass is 35.5. The monoisotopic (exact) mass is 330 g/mol. The first-order chi connectivity index (χ1) is 10.1. The van der Waals surface area contributed by atoms with E-state index < -0.39 is 0 Å². The maximum atomic E-state index is 6.33. The molecule has 0 radical (unpaired) electrons. The van der Waals surface area contributed by atoms with E-state index in [1.165, 1.54) is 0 Å². The largest absolute Gasteiger partial charge is 0.374 e. The summed E-state index contributed by atoms with van der Waals surface area (Å²) in [4.78, 5) is 2.31. The molecular formula is C16H24Cl2N2O. The van der Waals surface area contributed by atoms with Crippen molar-refractivity contribution in [3.63, 3.8) is 0 Å². The van der Waals surface area contributed by atoms with Crippen LogP contribution in [0.2, 0.25) is 10.0 Å². The van der Waals surface area contributed by atoms with Crippen molar-refractivity contribution < 1.29 is 4.74 Å². The molecule has 1 aliphatic rings. The normalized spacial score (nSPS) is 21.4. The topological polar surface area (TPSA) is 24.5 Å². The second kappa shape index (κ2) is 8.35. The molecule has 0 saturated carbocycles. The highest BCUT2D eigenvalue weighted by Crippen LogP contribution is 2.27. The molecule has 1 aromatic rings. The van der Waals surface area contributed by atoms with Crippen molar-refractivity contribution in [1.82, 2.24) is 10.2 Å². The van der Waals surface area contributed by atoms with Crippen LogP contribution in [-0.4, -0.2) is 50.3 Å². The van der Waals surface area contributed by atoms with E-state index in [4.69, 9.17) is 27.9 Å². The number of halogens is 2. The molecule has 5 heteroatoms. The Bertz CT molecular complexity index is 456. The predicted molar refractivity (Wildman–Crippen MR) is 89.5 cm³/mol. The summed E-state index contributed by atoms with van der Waals surface area (Å²) >= 11 is 12.4. The van der Waals surface area contributed by atoms with E-state index in [1.54, 1.807) is 0 Å². The van der Waals surface area contributed by atoms with Crippen molar-refractivity contribution in [2.75, 3.05) is 33.3 Å². The SMILES string of the molecule is CCCNC(Cc1cccc(Cl)c1Cl)C1CN(C)CCO1. The van der Waals surface area contributed by atoms with E-state index in [0.29, 0.717) is 10.0 Å². The zero-order chi connectivity index (χ0) is 15.2. The summed E-state index contributed by atoms with van der Waals surface area (Å²) in [6.07, 6.45) is 2.12. The highest BCUT2D eigenvalue weighted by molar-refractivity contribution is 6.42. The third-order valence-electron chi connectivity index (χ3n) is 3.87. The van der Waals surface area contributed by atoms with Gasteiger partial charge in [0.15, 0.2) is 0 Å². The number of benzene rings is 1. The van der Waals surface area contributed by atoms with E-state index in [-0.39, 0.29) is 12.1 Å². The predicted octanol–water partition coefficient (Wildman–Crippen LogP) is 3.23.